The van der Waals surface area contributed by atoms with Crippen LogP contribution in [0.25, 0.3) is 11.0 Å². The second-order valence-electron chi connectivity index (χ2n) is 6.77. The average Bonchev–Trinajstić information content (AvgIpc) is 3.08. The third kappa shape index (κ3) is 5.15. The molecule has 2 N–H and O–H groups in total. The van der Waals surface area contributed by atoms with E-state index in [9.17, 15) is 9.59 Å². The van der Waals surface area contributed by atoms with Crippen LogP contribution in [0.4, 0.5) is 5.69 Å². The van der Waals surface area contributed by atoms with Crippen LogP contribution in [-0.4, -0.2) is 41.7 Å². The Morgan fingerprint density at radius 3 is 2.53 bits per heavy atom. The van der Waals surface area contributed by atoms with Crippen molar-refractivity contribution in [1.82, 2.24) is 14.9 Å². The van der Waals surface area contributed by atoms with Gasteiger partial charge in [-0.15, -0.1) is 0 Å². The van der Waals surface area contributed by atoms with Gasteiger partial charge in [-0.3, -0.25) is 9.59 Å². The molecule has 0 spiro atoms. The van der Waals surface area contributed by atoms with E-state index < -0.39 is 6.04 Å². The minimum atomic E-state index is -0.390. The van der Waals surface area contributed by atoms with E-state index in [-0.39, 0.29) is 25.0 Å². The summed E-state index contributed by atoms with van der Waals surface area (Å²) in [6.07, 6.45) is 0. The molecule has 0 saturated heterocycles. The number of amides is 2. The third-order valence-corrected chi connectivity index (χ3v) is 4.48. The van der Waals surface area contributed by atoms with Gasteiger partial charge in [-0.2, -0.15) is 0 Å². The molecule has 1 unspecified atom stereocenters. The van der Waals surface area contributed by atoms with Gasteiger partial charge in [-0.05, 0) is 50.2 Å². The molecular weight excluding hydrogens is 384 g/mol. The highest BCUT2D eigenvalue weighted by atomic mass is 16.5. The van der Waals surface area contributed by atoms with Gasteiger partial charge in [0.15, 0.2) is 0 Å². The van der Waals surface area contributed by atoms with Crippen molar-refractivity contribution in [2.24, 2.45) is 0 Å². The second kappa shape index (κ2) is 9.89. The van der Waals surface area contributed by atoms with Gasteiger partial charge in [0, 0.05) is 12.8 Å². The van der Waals surface area contributed by atoms with Crippen LogP contribution in [0.1, 0.15) is 25.7 Å². The smallest absolute Gasteiger partial charge is 0.246 e. The van der Waals surface area contributed by atoms with Crippen molar-refractivity contribution in [2.45, 2.75) is 26.4 Å². The van der Waals surface area contributed by atoms with Crippen LogP contribution in [0, 0.1) is 0 Å². The molecule has 0 saturated carbocycles. The summed E-state index contributed by atoms with van der Waals surface area (Å²) in [5.41, 5.74) is 2.26. The molecule has 0 aliphatic heterocycles. The lowest BCUT2D eigenvalue weighted by Gasteiger charge is -2.16. The molecule has 3 aromatic rings. The summed E-state index contributed by atoms with van der Waals surface area (Å²) in [5, 5.41) is 5.74. The van der Waals surface area contributed by atoms with Crippen molar-refractivity contribution in [3.05, 3.63) is 54.4 Å². The van der Waals surface area contributed by atoms with Crippen molar-refractivity contribution in [3.63, 3.8) is 0 Å². The van der Waals surface area contributed by atoms with Crippen LogP contribution in [0.2, 0.25) is 0 Å². The third-order valence-electron chi connectivity index (χ3n) is 4.48. The molecule has 1 atom stereocenters. The van der Waals surface area contributed by atoms with Crippen molar-refractivity contribution in [1.29, 1.82) is 0 Å². The fourth-order valence-electron chi connectivity index (χ4n) is 3.21. The summed E-state index contributed by atoms with van der Waals surface area (Å²) < 4.78 is 12.1. The van der Waals surface area contributed by atoms with Gasteiger partial charge in [0.1, 0.15) is 24.7 Å². The van der Waals surface area contributed by atoms with Crippen molar-refractivity contribution >= 4 is 28.5 Å². The molecule has 0 bridgehead atoms. The number of hydrogen-bond acceptors (Lipinski definition) is 5. The number of hydrogen-bond donors (Lipinski definition) is 2. The standard InChI is InChI=1S/C22H26N4O4/c1-4-30-17-11-9-16(10-12-17)24-20(27)13-26-19-8-6-5-7-18(19)25-22(26)15(2)23-21(28)14-29-3/h5-12,15H,4,13-14H2,1-3H3,(H,23,28)(H,24,27). The molecule has 158 valence electrons. The summed E-state index contributed by atoms with van der Waals surface area (Å²) in [4.78, 5) is 29.3. The van der Waals surface area contributed by atoms with E-state index in [0.717, 1.165) is 16.8 Å². The number of anilines is 1. The number of fused-ring (bicyclic) bond motifs is 1. The number of para-hydroxylation sites is 2. The van der Waals surface area contributed by atoms with E-state index in [0.29, 0.717) is 18.1 Å². The highest BCUT2D eigenvalue weighted by molar-refractivity contribution is 5.91. The number of nitrogens with zero attached hydrogens (tertiary/aromatic N) is 2. The van der Waals surface area contributed by atoms with Gasteiger partial charge < -0.3 is 24.7 Å². The summed E-state index contributed by atoms with van der Waals surface area (Å²) in [7, 11) is 1.46. The molecule has 3 rings (SSSR count). The maximum absolute atomic E-state index is 12.7. The molecule has 30 heavy (non-hydrogen) atoms. The van der Waals surface area contributed by atoms with Crippen LogP contribution in [0.5, 0.6) is 5.75 Å². The maximum atomic E-state index is 12.7. The summed E-state index contributed by atoms with van der Waals surface area (Å²) in [6, 6.07) is 14.4. The number of ether oxygens (including phenoxy) is 2. The van der Waals surface area contributed by atoms with E-state index in [4.69, 9.17) is 9.47 Å². The minimum absolute atomic E-state index is 0.0389. The molecule has 8 nitrogen and oxygen atoms in total. The number of imidazole rings is 1. The van der Waals surface area contributed by atoms with E-state index in [1.807, 2.05) is 54.8 Å². The first-order valence-electron chi connectivity index (χ1n) is 9.78. The molecule has 0 aliphatic carbocycles. The zero-order valence-corrected chi connectivity index (χ0v) is 17.3. The Kier molecular flexibility index (Phi) is 7.03. The Balaban J connectivity index is 1.79. The molecule has 2 aromatic carbocycles. The van der Waals surface area contributed by atoms with E-state index in [1.165, 1.54) is 7.11 Å². The Labute approximate surface area is 175 Å². The predicted octanol–water partition coefficient (Wildman–Crippen LogP) is 2.90. The van der Waals surface area contributed by atoms with Crippen LogP contribution in [-0.2, 0) is 20.9 Å². The molecule has 0 radical (unpaired) electrons. The maximum Gasteiger partial charge on any atom is 0.246 e. The molecule has 2 amide bonds. The topological polar surface area (TPSA) is 94.5 Å². The zero-order valence-electron chi connectivity index (χ0n) is 17.3. The Bertz CT molecular complexity index is 1010. The summed E-state index contributed by atoms with van der Waals surface area (Å²) in [6.45, 7) is 4.36. The van der Waals surface area contributed by atoms with Crippen molar-refractivity contribution < 1.29 is 19.1 Å². The number of carbonyl (C=O) groups excluding carboxylic acids is 2. The Hall–Kier alpha value is -3.39. The van der Waals surface area contributed by atoms with Gasteiger partial charge in [0.2, 0.25) is 11.8 Å². The monoisotopic (exact) mass is 410 g/mol. The number of rotatable bonds is 9. The number of carbonyl (C=O) groups is 2. The number of benzene rings is 2. The van der Waals surface area contributed by atoms with E-state index >= 15 is 0 Å². The minimum Gasteiger partial charge on any atom is -0.494 e. The van der Waals surface area contributed by atoms with Crippen molar-refractivity contribution in [2.75, 3.05) is 25.6 Å². The van der Waals surface area contributed by atoms with Gasteiger partial charge in [0.25, 0.3) is 0 Å². The lowest BCUT2D eigenvalue weighted by molar-refractivity contribution is -0.125. The summed E-state index contributed by atoms with van der Waals surface area (Å²) in [5.74, 6) is 0.905. The molecule has 1 heterocycles. The second-order valence-corrected chi connectivity index (χ2v) is 6.77. The van der Waals surface area contributed by atoms with E-state index in [1.54, 1.807) is 12.1 Å². The molecule has 8 heteroatoms. The van der Waals surface area contributed by atoms with Crippen LogP contribution < -0.4 is 15.4 Å². The SMILES string of the molecule is CCOc1ccc(NC(=O)Cn2c(C(C)NC(=O)COC)nc3ccccc32)cc1. The van der Waals surface area contributed by atoms with Gasteiger partial charge in [-0.1, -0.05) is 12.1 Å². The molecule has 1 aromatic heterocycles. The average molecular weight is 410 g/mol. The first-order valence-corrected chi connectivity index (χ1v) is 9.78. The van der Waals surface area contributed by atoms with Gasteiger partial charge in [0.05, 0.1) is 23.7 Å². The zero-order chi connectivity index (χ0) is 21.5. The number of methoxy groups -OCH3 is 1. The van der Waals surface area contributed by atoms with Crippen LogP contribution in [0.3, 0.4) is 0 Å². The van der Waals surface area contributed by atoms with Gasteiger partial charge in [-0.25, -0.2) is 4.98 Å². The first kappa shape index (κ1) is 21.3. The van der Waals surface area contributed by atoms with Gasteiger partial charge >= 0.3 is 0 Å². The van der Waals surface area contributed by atoms with Crippen LogP contribution in [0.15, 0.2) is 48.5 Å². The summed E-state index contributed by atoms with van der Waals surface area (Å²) >= 11 is 0. The highest BCUT2D eigenvalue weighted by Crippen LogP contribution is 2.21. The largest absolute Gasteiger partial charge is 0.494 e. The molecular formula is C22H26N4O4. The highest BCUT2D eigenvalue weighted by Gasteiger charge is 2.20. The fraction of sp³-hybridized carbons (Fsp3) is 0.318. The first-order chi connectivity index (χ1) is 14.5. The lowest BCUT2D eigenvalue weighted by Crippen LogP contribution is -2.32. The lowest BCUT2D eigenvalue weighted by atomic mass is 10.3. The molecule has 0 fully saturated rings. The molecule has 0 aliphatic rings. The van der Waals surface area contributed by atoms with Crippen LogP contribution >= 0.6 is 0 Å². The Morgan fingerprint density at radius 1 is 1.10 bits per heavy atom. The fourth-order valence-corrected chi connectivity index (χ4v) is 3.21. The predicted molar refractivity (Wildman–Crippen MR) is 114 cm³/mol. The van der Waals surface area contributed by atoms with Crippen molar-refractivity contribution in [3.8, 4) is 5.75 Å². The normalized spacial score (nSPS) is 11.8. The quantitative estimate of drug-likeness (QED) is 0.566. The Morgan fingerprint density at radius 2 is 1.83 bits per heavy atom. The number of aromatic nitrogens is 2. The number of nitrogens with one attached hydrogen (secondary N) is 2. The van der Waals surface area contributed by atoms with E-state index in [2.05, 4.69) is 15.6 Å².